The van der Waals surface area contributed by atoms with E-state index in [0.29, 0.717) is 5.41 Å². The van der Waals surface area contributed by atoms with Crippen LogP contribution in [0.1, 0.15) is 52.9 Å². The molecule has 70 valence electrons. The van der Waals surface area contributed by atoms with E-state index in [9.17, 15) is 0 Å². The van der Waals surface area contributed by atoms with Crippen LogP contribution in [-0.4, -0.2) is 0 Å². The fraction of sp³-hybridized carbons (Fsp3) is 0.833. The summed E-state index contributed by atoms with van der Waals surface area (Å²) in [7, 11) is 0. The normalized spacial score (nSPS) is 24.4. The summed E-state index contributed by atoms with van der Waals surface area (Å²) in [5.74, 6) is 0.839. The van der Waals surface area contributed by atoms with E-state index in [1.807, 2.05) is 0 Å². The summed E-state index contributed by atoms with van der Waals surface area (Å²) < 4.78 is 0. The fourth-order valence-corrected chi connectivity index (χ4v) is 2.29. The van der Waals surface area contributed by atoms with Gasteiger partial charge in [0.05, 0.1) is 0 Å². The number of allylic oxidation sites excluding steroid dienone is 2. The van der Waals surface area contributed by atoms with E-state index in [-0.39, 0.29) is 0 Å². The Morgan fingerprint density at radius 2 is 2.17 bits per heavy atom. The molecule has 0 amide bonds. The minimum absolute atomic E-state index is 0.533. The van der Waals surface area contributed by atoms with Gasteiger partial charge in [0, 0.05) is 0 Å². The highest BCUT2D eigenvalue weighted by atomic mass is 14.3. The third-order valence-electron chi connectivity index (χ3n) is 3.15. The molecule has 0 heterocycles. The zero-order valence-corrected chi connectivity index (χ0v) is 8.77. The minimum atomic E-state index is 0.533. The SMILES string of the molecule is CCCC(C)(C)[C@H]1C=CCCC1. The fourth-order valence-electron chi connectivity index (χ4n) is 2.29. The summed E-state index contributed by atoms with van der Waals surface area (Å²) in [4.78, 5) is 0. The summed E-state index contributed by atoms with van der Waals surface area (Å²) in [5.41, 5.74) is 0.533. The highest BCUT2D eigenvalue weighted by Crippen LogP contribution is 2.37. The first-order valence-electron chi connectivity index (χ1n) is 5.33. The molecule has 0 unspecified atom stereocenters. The van der Waals surface area contributed by atoms with Crippen LogP contribution < -0.4 is 0 Å². The minimum Gasteiger partial charge on any atom is -0.0882 e. The number of rotatable bonds is 3. The van der Waals surface area contributed by atoms with E-state index in [0.717, 1.165) is 5.92 Å². The Labute approximate surface area is 77.1 Å². The van der Waals surface area contributed by atoms with Crippen molar-refractivity contribution in [2.45, 2.75) is 52.9 Å². The van der Waals surface area contributed by atoms with Crippen molar-refractivity contribution >= 4 is 0 Å². The molecule has 0 nitrogen and oxygen atoms in total. The first-order chi connectivity index (χ1) is 5.67. The van der Waals surface area contributed by atoms with Crippen molar-refractivity contribution in [2.24, 2.45) is 11.3 Å². The Morgan fingerprint density at radius 3 is 2.67 bits per heavy atom. The quantitative estimate of drug-likeness (QED) is 0.552. The molecule has 0 spiro atoms. The standard InChI is InChI=1S/C12H22/c1-4-10-12(2,3)11-8-6-5-7-9-11/h6,8,11H,4-5,7,9-10H2,1-3H3/t11-/m0/s1. The average molecular weight is 166 g/mol. The van der Waals surface area contributed by atoms with Crippen LogP contribution in [0.4, 0.5) is 0 Å². The molecule has 0 saturated carbocycles. The van der Waals surface area contributed by atoms with Crippen LogP contribution in [0.3, 0.4) is 0 Å². The molecule has 0 radical (unpaired) electrons. The molecule has 0 N–H and O–H groups in total. The van der Waals surface area contributed by atoms with E-state index in [1.54, 1.807) is 0 Å². The van der Waals surface area contributed by atoms with Gasteiger partial charge in [0.25, 0.3) is 0 Å². The lowest BCUT2D eigenvalue weighted by Gasteiger charge is -2.34. The first kappa shape index (κ1) is 9.83. The second-order valence-corrected chi connectivity index (χ2v) is 4.70. The molecule has 0 aromatic carbocycles. The zero-order chi connectivity index (χ0) is 9.03. The van der Waals surface area contributed by atoms with Crippen LogP contribution in [-0.2, 0) is 0 Å². The van der Waals surface area contributed by atoms with Crippen LogP contribution in [0.5, 0.6) is 0 Å². The molecule has 0 aliphatic heterocycles. The Hall–Kier alpha value is -0.260. The molecular weight excluding hydrogens is 144 g/mol. The molecule has 1 rings (SSSR count). The second kappa shape index (κ2) is 4.11. The van der Waals surface area contributed by atoms with E-state index in [1.165, 1.54) is 32.1 Å². The van der Waals surface area contributed by atoms with Gasteiger partial charge in [0.1, 0.15) is 0 Å². The maximum Gasteiger partial charge on any atom is -0.0182 e. The largest absolute Gasteiger partial charge is 0.0882 e. The lowest BCUT2D eigenvalue weighted by molar-refractivity contribution is 0.216. The van der Waals surface area contributed by atoms with Crippen molar-refractivity contribution in [3.63, 3.8) is 0 Å². The molecule has 0 bridgehead atoms. The summed E-state index contributed by atoms with van der Waals surface area (Å²) in [5, 5.41) is 0. The molecule has 0 heteroatoms. The second-order valence-electron chi connectivity index (χ2n) is 4.70. The van der Waals surface area contributed by atoms with Crippen molar-refractivity contribution in [2.75, 3.05) is 0 Å². The molecule has 0 aromatic heterocycles. The summed E-state index contributed by atoms with van der Waals surface area (Å²) >= 11 is 0. The van der Waals surface area contributed by atoms with Gasteiger partial charge in [-0.2, -0.15) is 0 Å². The van der Waals surface area contributed by atoms with E-state index < -0.39 is 0 Å². The predicted octanol–water partition coefficient (Wildman–Crippen LogP) is 4.17. The first-order valence-corrected chi connectivity index (χ1v) is 5.33. The van der Waals surface area contributed by atoms with Crippen LogP contribution >= 0.6 is 0 Å². The molecule has 12 heavy (non-hydrogen) atoms. The highest BCUT2D eigenvalue weighted by Gasteiger charge is 2.26. The monoisotopic (exact) mass is 166 g/mol. The van der Waals surface area contributed by atoms with Gasteiger partial charge < -0.3 is 0 Å². The van der Waals surface area contributed by atoms with Crippen molar-refractivity contribution in [1.29, 1.82) is 0 Å². The topological polar surface area (TPSA) is 0 Å². The molecule has 1 aliphatic rings. The number of hydrogen-bond acceptors (Lipinski definition) is 0. The maximum atomic E-state index is 2.44. The Balaban J connectivity index is 2.53. The molecule has 1 atom stereocenters. The van der Waals surface area contributed by atoms with E-state index in [2.05, 4.69) is 32.9 Å². The van der Waals surface area contributed by atoms with Crippen molar-refractivity contribution in [1.82, 2.24) is 0 Å². The van der Waals surface area contributed by atoms with Crippen LogP contribution in [0.2, 0.25) is 0 Å². The van der Waals surface area contributed by atoms with Gasteiger partial charge in [0.2, 0.25) is 0 Å². The predicted molar refractivity (Wildman–Crippen MR) is 55.2 cm³/mol. The van der Waals surface area contributed by atoms with Gasteiger partial charge in [0.15, 0.2) is 0 Å². The molecule has 0 fully saturated rings. The van der Waals surface area contributed by atoms with Gasteiger partial charge in [-0.3, -0.25) is 0 Å². The van der Waals surface area contributed by atoms with Gasteiger partial charge in [-0.25, -0.2) is 0 Å². The van der Waals surface area contributed by atoms with Crippen molar-refractivity contribution in [3.05, 3.63) is 12.2 Å². The Bertz CT molecular complexity index is 153. The van der Waals surface area contributed by atoms with Gasteiger partial charge in [-0.15, -0.1) is 0 Å². The van der Waals surface area contributed by atoms with Crippen molar-refractivity contribution < 1.29 is 0 Å². The zero-order valence-electron chi connectivity index (χ0n) is 8.77. The van der Waals surface area contributed by atoms with Gasteiger partial charge >= 0.3 is 0 Å². The average Bonchev–Trinajstić information content (AvgIpc) is 2.06. The maximum absolute atomic E-state index is 2.44. The summed E-state index contributed by atoms with van der Waals surface area (Å²) in [6.45, 7) is 7.11. The third kappa shape index (κ3) is 2.36. The van der Waals surface area contributed by atoms with Crippen LogP contribution in [0.25, 0.3) is 0 Å². The Morgan fingerprint density at radius 1 is 1.42 bits per heavy atom. The Kier molecular flexibility index (Phi) is 3.37. The molecule has 0 aromatic rings. The smallest absolute Gasteiger partial charge is 0.0182 e. The lowest BCUT2D eigenvalue weighted by Crippen LogP contribution is -2.23. The van der Waals surface area contributed by atoms with Crippen LogP contribution in [0.15, 0.2) is 12.2 Å². The van der Waals surface area contributed by atoms with E-state index >= 15 is 0 Å². The molecule has 1 aliphatic carbocycles. The van der Waals surface area contributed by atoms with E-state index in [4.69, 9.17) is 0 Å². The molecular formula is C12H22. The molecule has 0 saturated heterocycles. The van der Waals surface area contributed by atoms with Crippen molar-refractivity contribution in [3.8, 4) is 0 Å². The highest BCUT2D eigenvalue weighted by molar-refractivity contribution is 4.98. The lowest BCUT2D eigenvalue weighted by atomic mass is 9.72. The number of hydrogen-bond donors (Lipinski definition) is 0. The van der Waals surface area contributed by atoms with Crippen LogP contribution in [0, 0.1) is 11.3 Å². The third-order valence-corrected chi connectivity index (χ3v) is 3.15. The van der Waals surface area contributed by atoms with Gasteiger partial charge in [-0.1, -0.05) is 39.3 Å². The summed E-state index contributed by atoms with van der Waals surface area (Å²) in [6, 6.07) is 0. The van der Waals surface area contributed by atoms with Gasteiger partial charge in [-0.05, 0) is 37.0 Å². The summed E-state index contributed by atoms with van der Waals surface area (Å²) in [6.07, 6.45) is 11.6.